The van der Waals surface area contributed by atoms with Crippen LogP contribution in [0, 0.1) is 0 Å². The third kappa shape index (κ3) is 14.5. The molecule has 0 atom stereocenters. The van der Waals surface area contributed by atoms with Gasteiger partial charge in [0.1, 0.15) is 93.9 Å². The van der Waals surface area contributed by atoms with Gasteiger partial charge in [-0.25, -0.2) is 0 Å². The van der Waals surface area contributed by atoms with Crippen LogP contribution in [-0.2, 0) is 16.2 Å². The number of ether oxygens (including phenoxy) is 12. The molecule has 648 valence electrons. The first-order valence-electron chi connectivity index (χ1n) is 46.3. The molecule has 3 aliphatic carbocycles. The van der Waals surface area contributed by atoms with E-state index in [4.69, 9.17) is 56.8 Å². The van der Waals surface area contributed by atoms with E-state index in [1.165, 1.54) is 84.1 Å². The monoisotopic (exact) mass is 1770 g/mol. The van der Waals surface area contributed by atoms with E-state index in [1.807, 2.05) is 0 Å². The highest BCUT2D eigenvalue weighted by Gasteiger charge is 2.59. The minimum atomic E-state index is -0.468. The zero-order valence-corrected chi connectivity index (χ0v) is 77.1. The topological polar surface area (TPSA) is 162 Å². The Kier molecular flexibility index (Phi) is 25.0. The average molecular weight is 1770 g/mol. The number of carbonyl (C=O) groups is 3. The summed E-state index contributed by atoms with van der Waals surface area (Å²) in [6, 6.07) is 23.0. The molecule has 15 nitrogen and oxygen atoms in total. The van der Waals surface area contributed by atoms with Crippen molar-refractivity contribution in [1.29, 1.82) is 0 Å². The molecule has 12 heterocycles. The lowest BCUT2D eigenvalue weighted by molar-refractivity contribution is 0.110. The molecule has 0 fully saturated rings. The lowest BCUT2D eigenvalue weighted by atomic mass is 9.63. The fraction of sp³-hybridized carbons (Fsp3) is 0.500. The molecule has 0 saturated heterocycles. The summed E-state index contributed by atoms with van der Waals surface area (Å²) in [7, 11) is 0. The summed E-state index contributed by atoms with van der Waals surface area (Å²) in [4.78, 5) is 48.6. The van der Waals surface area contributed by atoms with Gasteiger partial charge < -0.3 is 56.8 Å². The van der Waals surface area contributed by atoms with Crippen LogP contribution in [0.5, 0.6) is 69.0 Å². The Morgan fingerprint density at radius 1 is 0.244 bits per heavy atom. The van der Waals surface area contributed by atoms with Crippen LogP contribution in [0.15, 0.2) is 54.6 Å². The highest BCUT2D eigenvalue weighted by molar-refractivity contribution is 7.27. The van der Waals surface area contributed by atoms with Crippen molar-refractivity contribution in [3.8, 4) is 163 Å². The smallest absolute Gasteiger partial charge is 0.183 e. The molecule has 0 saturated carbocycles. The van der Waals surface area contributed by atoms with Crippen molar-refractivity contribution in [1.82, 2.24) is 0 Å². The van der Waals surface area contributed by atoms with Crippen LogP contribution in [0.1, 0.15) is 297 Å². The van der Waals surface area contributed by atoms with Crippen LogP contribution in [-0.4, -0.2) is 98.1 Å². The number of fused-ring (bicyclic) bond motifs is 18. The van der Waals surface area contributed by atoms with Gasteiger partial charge in [0.2, 0.25) is 0 Å². The maximum Gasteiger partial charge on any atom is 0.183 e. The summed E-state index contributed by atoms with van der Waals surface area (Å²) >= 11 is 9.28. The van der Waals surface area contributed by atoms with Gasteiger partial charge in [0.15, 0.2) is 87.9 Å². The molecule has 0 bridgehead atoms. The Balaban J connectivity index is 0.934. The minimum Gasteiger partial charge on any atom is -0.485 e. The largest absolute Gasteiger partial charge is 0.485 e. The fourth-order valence-electron chi connectivity index (χ4n) is 21.8. The highest BCUT2D eigenvalue weighted by Crippen LogP contribution is 2.74. The first-order chi connectivity index (χ1) is 60.6. The van der Waals surface area contributed by atoms with E-state index < -0.39 is 16.2 Å². The molecule has 0 radical (unpaired) electrons. The van der Waals surface area contributed by atoms with Gasteiger partial charge in [-0.15, -0.1) is 68.0 Å². The first kappa shape index (κ1) is 84.2. The van der Waals surface area contributed by atoms with E-state index >= 15 is 0 Å². The summed E-state index contributed by atoms with van der Waals surface area (Å²) < 4.78 is 79.6. The predicted molar refractivity (Wildman–Crippen MR) is 500 cm³/mol. The molecule has 0 N–H and O–H groups in total. The highest BCUT2D eigenvalue weighted by atomic mass is 32.1. The van der Waals surface area contributed by atoms with E-state index in [1.54, 1.807) is 50.7 Å². The normalized spacial score (nSPS) is 16.2. The van der Waals surface area contributed by atoms with Gasteiger partial charge in [-0.1, -0.05) is 232 Å². The summed E-state index contributed by atoms with van der Waals surface area (Å²) in [6.07, 6.45) is 35.5. The number of unbranched alkanes of at least 4 members (excludes halogenated alkanes) is 18. The molecule has 0 unspecified atom stereocenters. The number of hydrogen-bond donors (Lipinski definition) is 0. The number of rotatable bonds is 39. The lowest BCUT2D eigenvalue weighted by Crippen LogP contribution is -2.31. The summed E-state index contributed by atoms with van der Waals surface area (Å²) in [5, 5.41) is 0. The standard InChI is InChI=1S/C102H114O15S6/c1-7-13-19-25-37-100(38-26-20-14-8-2)67-55-61(91-85-88(115-52-49-112-85)97(121-91)94-82-79(70(58-103)118-94)106-43-46-109-82)31-34-64(67)73-76(100)74-65-35-32-62(92-86-89(116-53-50-113-86)98(122-92)95-83-80(71(59-104)119-95)107-44-47-110-83)56-68(65)101(39-27-21-15-9-3,40-28-22-16-10-4)78(74)75-66-36-33-63(57-69(66)102(77(73)75,41-29-23-17-11-5)42-30-24-18-12-6)93-87-90(117-54-51-114-87)99(123-93)96-84-81(72(60-105)120-96)108-45-48-111-84/h31-36,55-60H,7-30,37-54H2,1-6H3. The van der Waals surface area contributed by atoms with Crippen LogP contribution in [0.3, 0.4) is 0 Å². The molecule has 123 heavy (non-hydrogen) atoms. The third-order valence-electron chi connectivity index (χ3n) is 27.3. The molecule has 19 rings (SSSR count). The number of hydrogen-bond acceptors (Lipinski definition) is 21. The van der Waals surface area contributed by atoms with E-state index in [9.17, 15) is 14.4 Å². The molecular weight excluding hydrogens is 1660 g/mol. The van der Waals surface area contributed by atoms with Crippen molar-refractivity contribution in [2.75, 3.05) is 79.3 Å². The number of carbonyl (C=O) groups excluding carboxylic acids is 3. The summed E-state index contributed by atoms with van der Waals surface area (Å²) in [6.45, 7) is 18.8. The van der Waals surface area contributed by atoms with Crippen molar-refractivity contribution >= 4 is 86.9 Å². The van der Waals surface area contributed by atoms with Crippen LogP contribution in [0.4, 0.5) is 0 Å². The van der Waals surface area contributed by atoms with Crippen molar-refractivity contribution in [3.05, 3.63) is 103 Å². The molecule has 4 aromatic carbocycles. The van der Waals surface area contributed by atoms with Gasteiger partial charge in [0.25, 0.3) is 0 Å². The second-order valence-electron chi connectivity index (χ2n) is 34.8. The third-order valence-corrected chi connectivity index (χ3v) is 34.6. The van der Waals surface area contributed by atoms with Crippen LogP contribution in [0.25, 0.3) is 94.0 Å². The van der Waals surface area contributed by atoms with Crippen molar-refractivity contribution < 1.29 is 71.2 Å². The van der Waals surface area contributed by atoms with Crippen LogP contribution in [0.2, 0.25) is 0 Å². The second kappa shape index (κ2) is 36.6. The first-order valence-corrected chi connectivity index (χ1v) is 51.2. The van der Waals surface area contributed by atoms with Crippen LogP contribution < -0.4 is 56.8 Å². The average Bonchev–Trinajstić information content (AvgIpc) is 1.48. The molecule has 0 amide bonds. The van der Waals surface area contributed by atoms with Gasteiger partial charge >= 0.3 is 0 Å². The SMILES string of the molecule is CCCCCCC1(CCCCCC)c2cc(-c3sc(-c4sc(C=O)c5c4OCCO5)c4c3OCCO4)ccc2-c2c1c1c(c3c2C(CCCCCC)(CCCCCC)c2cc(-c4sc(-c5sc(C=O)c6c5OCCO6)c5c4OCCO5)ccc2-3)C(CCCCCC)(CCCCCC)c2cc(-c3sc(-c4sc(C=O)c5c4OCCO5)c4c3OCCO4)ccc2-1. The molecule has 6 aromatic heterocycles. The van der Waals surface area contributed by atoms with E-state index in [0.29, 0.717) is 146 Å². The van der Waals surface area contributed by atoms with E-state index in [2.05, 4.69) is 96.1 Å². The zero-order valence-electron chi connectivity index (χ0n) is 72.2. The number of benzene rings is 4. The molecule has 0 spiro atoms. The van der Waals surface area contributed by atoms with Gasteiger partial charge in [0.05, 0.1) is 43.9 Å². The molecular formula is C102H114O15S6. The summed E-state index contributed by atoms with van der Waals surface area (Å²) in [5.74, 6) is 7.61. The second-order valence-corrected chi connectivity index (χ2v) is 41.0. The lowest BCUT2D eigenvalue weighted by Gasteiger charge is -2.40. The predicted octanol–water partition coefficient (Wildman–Crippen LogP) is 28.7. The maximum absolute atomic E-state index is 13.0. The van der Waals surface area contributed by atoms with E-state index in [0.717, 1.165) is 289 Å². The Morgan fingerprint density at radius 2 is 0.439 bits per heavy atom. The quantitative estimate of drug-likeness (QED) is 0.0264. The Hall–Kier alpha value is -8.31. The van der Waals surface area contributed by atoms with Crippen molar-refractivity contribution in [3.63, 3.8) is 0 Å². The van der Waals surface area contributed by atoms with E-state index in [-0.39, 0.29) is 0 Å². The van der Waals surface area contributed by atoms with Gasteiger partial charge in [-0.05, 0) is 140 Å². The molecule has 21 heteroatoms. The van der Waals surface area contributed by atoms with Crippen LogP contribution >= 0.6 is 68.0 Å². The fourth-order valence-corrected chi connectivity index (χ4v) is 28.8. The molecule has 6 aliphatic heterocycles. The molecule has 10 aromatic rings. The van der Waals surface area contributed by atoms with Gasteiger partial charge in [0, 0.05) is 16.2 Å². The Labute approximate surface area is 747 Å². The number of thiophene rings is 6. The van der Waals surface area contributed by atoms with Crippen molar-refractivity contribution in [2.24, 2.45) is 0 Å². The minimum absolute atomic E-state index is 0.371. The Morgan fingerprint density at radius 3 is 0.650 bits per heavy atom. The zero-order chi connectivity index (χ0) is 83.9. The van der Waals surface area contributed by atoms with Crippen molar-refractivity contribution in [2.45, 2.75) is 250 Å². The van der Waals surface area contributed by atoms with Gasteiger partial charge in [-0.2, -0.15) is 0 Å². The maximum atomic E-state index is 13.0. The van der Waals surface area contributed by atoms with Gasteiger partial charge in [-0.3, -0.25) is 14.4 Å². The molecule has 9 aliphatic rings. The Bertz CT molecular complexity index is 5020. The number of aldehydes is 3. The summed E-state index contributed by atoms with van der Waals surface area (Å²) in [5.41, 5.74) is 19.3.